The standard InChI is InChI=1S/C21H34O2Si/c1-6-24(7-2,8-3)23-20-15-14-19(16(4)21(22)17(20)5)18-12-10-9-11-13-18/h9-14,16-17,20-22H,6-8,15H2,1-5H3/t16-,17+,20?,21+/m1/s1. The fourth-order valence-electron chi connectivity index (χ4n) is 3.99. The summed E-state index contributed by atoms with van der Waals surface area (Å²) in [6.45, 7) is 11.1. The van der Waals surface area contributed by atoms with Crippen LogP contribution in [0.5, 0.6) is 0 Å². The van der Waals surface area contributed by atoms with E-state index in [4.69, 9.17) is 4.43 Å². The molecule has 2 rings (SSSR count). The average molecular weight is 347 g/mol. The Morgan fingerprint density at radius 3 is 2.17 bits per heavy atom. The van der Waals surface area contributed by atoms with Crippen molar-refractivity contribution in [3.05, 3.63) is 42.0 Å². The second kappa shape index (κ2) is 8.46. The Morgan fingerprint density at radius 2 is 1.62 bits per heavy atom. The third-order valence-corrected chi connectivity index (χ3v) is 10.8. The van der Waals surface area contributed by atoms with E-state index in [1.807, 2.05) is 6.07 Å². The lowest BCUT2D eigenvalue weighted by molar-refractivity contribution is 0.0181. The molecule has 0 saturated carbocycles. The van der Waals surface area contributed by atoms with Crippen molar-refractivity contribution in [1.82, 2.24) is 0 Å². The van der Waals surface area contributed by atoms with Crippen molar-refractivity contribution in [1.29, 1.82) is 0 Å². The van der Waals surface area contributed by atoms with Crippen molar-refractivity contribution >= 4 is 13.9 Å². The first-order valence-electron chi connectivity index (χ1n) is 9.59. The van der Waals surface area contributed by atoms with Gasteiger partial charge in [0.1, 0.15) is 0 Å². The third kappa shape index (κ3) is 4.01. The maximum absolute atomic E-state index is 10.9. The van der Waals surface area contributed by atoms with E-state index in [1.165, 1.54) is 11.1 Å². The van der Waals surface area contributed by atoms with Crippen LogP contribution < -0.4 is 0 Å². The summed E-state index contributed by atoms with van der Waals surface area (Å²) in [4.78, 5) is 0. The highest BCUT2D eigenvalue weighted by Crippen LogP contribution is 2.37. The van der Waals surface area contributed by atoms with Gasteiger partial charge in [0.25, 0.3) is 0 Å². The molecule has 2 nitrogen and oxygen atoms in total. The summed E-state index contributed by atoms with van der Waals surface area (Å²) in [6.07, 6.45) is 3.00. The molecule has 0 saturated heterocycles. The zero-order valence-electron chi connectivity index (χ0n) is 16.0. The lowest BCUT2D eigenvalue weighted by Crippen LogP contribution is -2.44. The van der Waals surface area contributed by atoms with Crippen LogP contribution in [0.1, 0.15) is 46.6 Å². The number of aliphatic hydroxyl groups excluding tert-OH is 1. The molecule has 0 heterocycles. The molecule has 0 amide bonds. The molecule has 0 radical (unpaired) electrons. The Morgan fingerprint density at radius 1 is 1.04 bits per heavy atom. The van der Waals surface area contributed by atoms with Gasteiger partial charge >= 0.3 is 0 Å². The average Bonchev–Trinajstić information content (AvgIpc) is 2.73. The molecule has 0 bridgehead atoms. The van der Waals surface area contributed by atoms with E-state index >= 15 is 0 Å². The fourth-order valence-corrected chi connectivity index (χ4v) is 6.94. The molecule has 0 spiro atoms. The molecule has 1 aliphatic rings. The molecule has 1 aliphatic carbocycles. The molecule has 1 aromatic rings. The van der Waals surface area contributed by atoms with Crippen molar-refractivity contribution in [2.45, 2.75) is 71.4 Å². The number of benzene rings is 1. The second-order valence-corrected chi connectivity index (χ2v) is 12.0. The van der Waals surface area contributed by atoms with Crippen LogP contribution in [0.4, 0.5) is 0 Å². The van der Waals surface area contributed by atoms with Crippen LogP contribution in [0.25, 0.3) is 5.57 Å². The van der Waals surface area contributed by atoms with E-state index in [1.54, 1.807) is 0 Å². The number of hydrogen-bond donors (Lipinski definition) is 1. The zero-order chi connectivity index (χ0) is 17.7. The molecule has 1 unspecified atom stereocenters. The van der Waals surface area contributed by atoms with Crippen molar-refractivity contribution < 1.29 is 9.53 Å². The van der Waals surface area contributed by atoms with Crippen LogP contribution in [-0.4, -0.2) is 25.6 Å². The minimum absolute atomic E-state index is 0.134. The van der Waals surface area contributed by atoms with E-state index in [-0.39, 0.29) is 24.0 Å². The molecule has 0 aromatic heterocycles. The van der Waals surface area contributed by atoms with E-state index in [9.17, 15) is 5.11 Å². The molecule has 1 N–H and O–H groups in total. The summed E-state index contributed by atoms with van der Waals surface area (Å²) in [5.41, 5.74) is 2.49. The lowest BCUT2D eigenvalue weighted by Gasteiger charge is -2.37. The first-order valence-corrected chi connectivity index (χ1v) is 12.1. The molecule has 24 heavy (non-hydrogen) atoms. The van der Waals surface area contributed by atoms with Crippen molar-refractivity contribution in [2.24, 2.45) is 11.8 Å². The maximum atomic E-state index is 10.9. The van der Waals surface area contributed by atoms with Crippen molar-refractivity contribution in [3.8, 4) is 0 Å². The number of hydrogen-bond acceptors (Lipinski definition) is 2. The van der Waals surface area contributed by atoms with Crippen LogP contribution in [-0.2, 0) is 4.43 Å². The normalized spacial score (nSPS) is 28.3. The van der Waals surface area contributed by atoms with Crippen LogP contribution in [0, 0.1) is 11.8 Å². The van der Waals surface area contributed by atoms with E-state index in [0.29, 0.717) is 0 Å². The van der Waals surface area contributed by atoms with Gasteiger partial charge in [0, 0.05) is 11.8 Å². The first kappa shape index (κ1) is 19.4. The summed E-state index contributed by atoms with van der Waals surface area (Å²) in [7, 11) is -1.66. The van der Waals surface area contributed by atoms with Gasteiger partial charge < -0.3 is 9.53 Å². The third-order valence-electron chi connectivity index (χ3n) is 6.14. The van der Waals surface area contributed by atoms with Gasteiger partial charge in [-0.2, -0.15) is 0 Å². The van der Waals surface area contributed by atoms with Gasteiger partial charge in [-0.3, -0.25) is 0 Å². The quantitative estimate of drug-likeness (QED) is 0.689. The van der Waals surface area contributed by atoms with Gasteiger partial charge in [-0.05, 0) is 35.7 Å². The Kier molecular flexibility index (Phi) is 6.85. The monoisotopic (exact) mass is 346 g/mol. The largest absolute Gasteiger partial charge is 0.413 e. The molecule has 1 aromatic carbocycles. The molecule has 4 atom stereocenters. The zero-order valence-corrected chi connectivity index (χ0v) is 17.0. The van der Waals surface area contributed by atoms with Gasteiger partial charge in [0.05, 0.1) is 12.2 Å². The summed E-state index contributed by atoms with van der Waals surface area (Å²) >= 11 is 0. The van der Waals surface area contributed by atoms with Crippen LogP contribution in [0.3, 0.4) is 0 Å². The highest BCUT2D eigenvalue weighted by molar-refractivity contribution is 6.73. The summed E-state index contributed by atoms with van der Waals surface area (Å²) in [5.74, 6) is 0.297. The SMILES string of the molecule is CC[Si](CC)(CC)OC1CC=C(c2ccccc2)[C@@H](C)[C@H](O)[C@H]1C. The molecule has 0 aliphatic heterocycles. The Bertz CT molecular complexity index is 528. The Labute approximate surface area is 149 Å². The van der Waals surface area contributed by atoms with Crippen LogP contribution in [0.15, 0.2) is 36.4 Å². The Balaban J connectivity index is 2.28. The lowest BCUT2D eigenvalue weighted by atomic mass is 9.85. The summed E-state index contributed by atoms with van der Waals surface area (Å²) in [5, 5.41) is 10.9. The van der Waals surface area contributed by atoms with Gasteiger partial charge in [-0.25, -0.2) is 0 Å². The van der Waals surface area contributed by atoms with Gasteiger partial charge in [0.2, 0.25) is 0 Å². The highest BCUT2D eigenvalue weighted by Gasteiger charge is 2.38. The van der Waals surface area contributed by atoms with E-state index in [0.717, 1.165) is 24.6 Å². The number of aliphatic hydroxyl groups is 1. The highest BCUT2D eigenvalue weighted by atomic mass is 28.4. The van der Waals surface area contributed by atoms with Gasteiger partial charge in [-0.1, -0.05) is 71.0 Å². The van der Waals surface area contributed by atoms with E-state index < -0.39 is 8.32 Å². The predicted octanol–water partition coefficient (Wildman–Crippen LogP) is 5.50. The minimum Gasteiger partial charge on any atom is -0.413 e. The summed E-state index contributed by atoms with van der Waals surface area (Å²) in [6, 6.07) is 13.9. The topological polar surface area (TPSA) is 29.5 Å². The predicted molar refractivity (Wildman–Crippen MR) is 105 cm³/mol. The van der Waals surface area contributed by atoms with Crippen LogP contribution >= 0.6 is 0 Å². The minimum atomic E-state index is -1.66. The second-order valence-electron chi connectivity index (χ2n) is 7.30. The molecule has 0 fully saturated rings. The molecule has 3 heteroatoms. The first-order chi connectivity index (χ1) is 11.5. The Hall–Kier alpha value is -0.903. The molecular weight excluding hydrogens is 312 g/mol. The summed E-state index contributed by atoms with van der Waals surface area (Å²) < 4.78 is 6.76. The fraction of sp³-hybridized carbons (Fsp3) is 0.619. The van der Waals surface area contributed by atoms with Gasteiger partial charge in [-0.15, -0.1) is 0 Å². The van der Waals surface area contributed by atoms with Crippen molar-refractivity contribution in [3.63, 3.8) is 0 Å². The van der Waals surface area contributed by atoms with Crippen molar-refractivity contribution in [2.75, 3.05) is 0 Å². The maximum Gasteiger partial charge on any atom is 0.192 e. The van der Waals surface area contributed by atoms with Crippen LogP contribution in [0.2, 0.25) is 18.1 Å². The molecule has 134 valence electrons. The molecular formula is C21H34O2Si. The van der Waals surface area contributed by atoms with Gasteiger partial charge in [0.15, 0.2) is 8.32 Å². The number of rotatable bonds is 6. The smallest absolute Gasteiger partial charge is 0.192 e. The van der Waals surface area contributed by atoms with E-state index in [2.05, 4.69) is 65.0 Å².